The van der Waals surface area contributed by atoms with E-state index in [4.69, 9.17) is 8.85 Å². The van der Waals surface area contributed by atoms with E-state index < -0.39 is 37.5 Å². The summed E-state index contributed by atoms with van der Waals surface area (Å²) in [6.45, 7) is -5.94. The number of esters is 1. The van der Waals surface area contributed by atoms with Crippen LogP contribution in [0.4, 0.5) is 8.78 Å². The third-order valence-corrected chi connectivity index (χ3v) is 5.84. The lowest BCUT2D eigenvalue weighted by molar-refractivity contribution is -0.139. The van der Waals surface area contributed by atoms with Crippen molar-refractivity contribution in [3.8, 4) is 17.6 Å². The molecule has 0 spiro atoms. The first kappa shape index (κ1) is 17.6. The van der Waals surface area contributed by atoms with E-state index in [2.05, 4.69) is 21.6 Å². The maximum Gasteiger partial charge on any atom is 0.387 e. The van der Waals surface area contributed by atoms with Crippen LogP contribution in [-0.2, 0) is 9.53 Å². The number of hydrogen-bond donors (Lipinski definition) is 0. The van der Waals surface area contributed by atoms with Crippen LogP contribution >= 0.6 is 0 Å². The number of amides is 1. The van der Waals surface area contributed by atoms with Crippen LogP contribution in [0.15, 0.2) is 36.4 Å². The zero-order valence-corrected chi connectivity index (χ0v) is 17.3. The second-order valence-electron chi connectivity index (χ2n) is 7.64. The van der Waals surface area contributed by atoms with Gasteiger partial charge in [0.25, 0.3) is 5.91 Å². The summed E-state index contributed by atoms with van der Waals surface area (Å²) < 4.78 is 61.8. The summed E-state index contributed by atoms with van der Waals surface area (Å²) in [5, 5.41) is 0. The third kappa shape index (κ3) is 3.39. The largest absolute Gasteiger partial charge is 0.468 e. The average Bonchev–Trinajstić information content (AvgIpc) is 3.30. The standard InChI is InChI=1S/C24H19F2N3O4/c1-28-18-12-17(21-14(23(28)31)6-4-7-19(21)33-24(25)26)29-16-11-13(5-3-8-20(30)32-2)9-10-15(16)27-22(18)29/h4,6-7,9-11,17-18,24H,8,12H2,1-2H3/t17-,18-/m1/s1/i1D3. The first-order valence-corrected chi connectivity index (χ1v) is 10.1. The molecular weight excluding hydrogens is 432 g/mol. The second kappa shape index (κ2) is 7.89. The lowest BCUT2D eigenvalue weighted by Gasteiger charge is -2.24. The molecule has 1 aromatic heterocycles. The molecule has 0 aliphatic carbocycles. The van der Waals surface area contributed by atoms with Crippen molar-refractivity contribution in [3.05, 3.63) is 58.9 Å². The van der Waals surface area contributed by atoms with Gasteiger partial charge in [0.1, 0.15) is 18.0 Å². The number of methoxy groups -OCH3 is 1. The number of hydrogen-bond acceptors (Lipinski definition) is 5. The fraction of sp³-hybridized carbons (Fsp3) is 0.292. The normalized spacial score (nSPS) is 20.2. The molecule has 0 fully saturated rings. The topological polar surface area (TPSA) is 73.7 Å². The highest BCUT2D eigenvalue weighted by Crippen LogP contribution is 2.49. The predicted molar refractivity (Wildman–Crippen MR) is 114 cm³/mol. The van der Waals surface area contributed by atoms with E-state index in [-0.39, 0.29) is 29.7 Å². The van der Waals surface area contributed by atoms with Gasteiger partial charge in [0.2, 0.25) is 0 Å². The molecule has 0 saturated heterocycles. The van der Waals surface area contributed by atoms with Gasteiger partial charge in [-0.25, -0.2) is 4.98 Å². The maximum absolute atomic E-state index is 13.4. The van der Waals surface area contributed by atoms with Gasteiger partial charge in [0.05, 0.1) is 30.2 Å². The van der Waals surface area contributed by atoms with E-state index in [1.807, 2.05) is 0 Å². The molecule has 0 radical (unpaired) electrons. The quantitative estimate of drug-likeness (QED) is 0.446. The van der Waals surface area contributed by atoms with Gasteiger partial charge < -0.3 is 18.9 Å². The minimum atomic E-state index is -3.14. The lowest BCUT2D eigenvalue weighted by Crippen LogP contribution is -2.30. The van der Waals surface area contributed by atoms with E-state index in [0.717, 1.165) is 4.90 Å². The summed E-state index contributed by atoms with van der Waals surface area (Å²) in [4.78, 5) is 30.2. The maximum atomic E-state index is 13.4. The van der Waals surface area contributed by atoms with Crippen LogP contribution in [0, 0.1) is 11.8 Å². The van der Waals surface area contributed by atoms with Crippen molar-refractivity contribution in [3.63, 3.8) is 0 Å². The predicted octanol–water partition coefficient (Wildman–Crippen LogP) is 3.67. The number of halogens is 2. The van der Waals surface area contributed by atoms with Gasteiger partial charge in [0.15, 0.2) is 0 Å². The van der Waals surface area contributed by atoms with Crippen LogP contribution in [0.5, 0.6) is 5.75 Å². The molecule has 168 valence electrons. The Labute approximate surface area is 192 Å². The molecule has 2 aromatic carbocycles. The number of nitrogens with zero attached hydrogens (tertiary/aromatic N) is 3. The number of carbonyl (C=O) groups is 2. The highest BCUT2D eigenvalue weighted by molar-refractivity contribution is 5.97. The molecule has 0 saturated carbocycles. The van der Waals surface area contributed by atoms with Crippen molar-refractivity contribution in [2.75, 3.05) is 14.1 Å². The molecule has 0 unspecified atom stereocenters. The van der Waals surface area contributed by atoms with Crippen LogP contribution in [0.3, 0.4) is 0 Å². The molecule has 9 heteroatoms. The Kier molecular flexibility index (Phi) is 4.21. The van der Waals surface area contributed by atoms with Crippen LogP contribution in [0.25, 0.3) is 11.0 Å². The fourth-order valence-corrected chi connectivity index (χ4v) is 4.48. The second-order valence-corrected chi connectivity index (χ2v) is 7.64. The SMILES string of the molecule is [2H]C([2H])([2H])N1C(=O)c2cccc(OC(F)F)c2[C@H]2C[C@@H]1c1nc3ccc(C#CCC(=O)OC)cc3n12. The Hall–Kier alpha value is -3.93. The minimum absolute atomic E-state index is 0.0155. The Balaban J connectivity index is 1.72. The zero-order valence-electron chi connectivity index (χ0n) is 20.3. The minimum Gasteiger partial charge on any atom is -0.468 e. The van der Waals surface area contributed by atoms with Gasteiger partial charge in [-0.3, -0.25) is 9.59 Å². The van der Waals surface area contributed by atoms with Crippen LogP contribution in [0.2, 0.25) is 0 Å². The van der Waals surface area contributed by atoms with Crippen molar-refractivity contribution >= 4 is 22.9 Å². The van der Waals surface area contributed by atoms with Crippen LogP contribution < -0.4 is 4.74 Å². The van der Waals surface area contributed by atoms with Gasteiger partial charge in [-0.2, -0.15) is 8.78 Å². The fourth-order valence-electron chi connectivity index (χ4n) is 4.48. The number of fused-ring (bicyclic) bond motifs is 9. The molecule has 2 atom stereocenters. The van der Waals surface area contributed by atoms with E-state index >= 15 is 0 Å². The Morgan fingerprint density at radius 2 is 2.18 bits per heavy atom. The van der Waals surface area contributed by atoms with Crippen molar-refractivity contribution in [2.24, 2.45) is 0 Å². The molecule has 5 rings (SSSR count). The van der Waals surface area contributed by atoms with E-state index in [1.54, 1.807) is 22.8 Å². The van der Waals surface area contributed by atoms with Gasteiger partial charge in [-0.15, -0.1) is 0 Å². The molecular formula is C24H19F2N3O4. The van der Waals surface area contributed by atoms with E-state index in [9.17, 15) is 18.4 Å². The number of alkyl halides is 2. The van der Waals surface area contributed by atoms with Gasteiger partial charge >= 0.3 is 12.6 Å². The molecule has 2 aliphatic rings. The summed E-state index contributed by atoms with van der Waals surface area (Å²) in [6.07, 6.45) is 0.0262. The van der Waals surface area contributed by atoms with E-state index in [1.165, 1.54) is 25.3 Å². The number of carbonyl (C=O) groups excluding carboxylic acids is 2. The first-order valence-electron chi connectivity index (χ1n) is 11.6. The lowest BCUT2D eigenvalue weighted by atomic mass is 9.97. The monoisotopic (exact) mass is 454 g/mol. The number of rotatable bonds is 3. The summed E-state index contributed by atoms with van der Waals surface area (Å²) in [6, 6.07) is 7.65. The number of aromatic nitrogens is 2. The molecule has 2 aliphatic heterocycles. The Morgan fingerprint density at radius 1 is 1.33 bits per heavy atom. The van der Waals surface area contributed by atoms with Crippen molar-refractivity contribution in [2.45, 2.75) is 31.5 Å². The van der Waals surface area contributed by atoms with Crippen molar-refractivity contribution < 1.29 is 32.0 Å². The van der Waals surface area contributed by atoms with Gasteiger partial charge in [-0.05, 0) is 30.3 Å². The van der Waals surface area contributed by atoms with Crippen molar-refractivity contribution in [1.82, 2.24) is 14.5 Å². The molecule has 0 N–H and O–H groups in total. The number of benzene rings is 2. The molecule has 3 aromatic rings. The average molecular weight is 454 g/mol. The number of ether oxygens (including phenoxy) is 2. The van der Waals surface area contributed by atoms with Crippen LogP contribution in [0.1, 0.15) is 56.3 Å². The highest BCUT2D eigenvalue weighted by Gasteiger charge is 2.44. The summed E-state index contributed by atoms with van der Waals surface area (Å²) in [5.74, 6) is 4.46. The van der Waals surface area contributed by atoms with Crippen molar-refractivity contribution in [1.29, 1.82) is 0 Å². The van der Waals surface area contributed by atoms with Gasteiger partial charge in [-0.1, -0.05) is 17.9 Å². The Morgan fingerprint density at radius 3 is 2.94 bits per heavy atom. The van der Waals surface area contributed by atoms with E-state index in [0.29, 0.717) is 22.4 Å². The first-order chi connectivity index (χ1) is 17.1. The zero-order chi connectivity index (χ0) is 25.8. The molecule has 2 bridgehead atoms. The molecule has 7 nitrogen and oxygen atoms in total. The molecule has 3 heterocycles. The summed E-state index contributed by atoms with van der Waals surface area (Å²) >= 11 is 0. The highest BCUT2D eigenvalue weighted by atomic mass is 19.3. The Bertz CT molecular complexity index is 1460. The third-order valence-electron chi connectivity index (χ3n) is 5.84. The number of imidazole rings is 1. The summed E-state index contributed by atoms with van der Waals surface area (Å²) in [7, 11) is 1.27. The summed E-state index contributed by atoms with van der Waals surface area (Å²) in [5.41, 5.74) is 1.83. The molecule has 33 heavy (non-hydrogen) atoms. The van der Waals surface area contributed by atoms with Crippen LogP contribution in [-0.4, -0.2) is 47.0 Å². The van der Waals surface area contributed by atoms with Gasteiger partial charge in [0, 0.05) is 34.2 Å². The molecule has 1 amide bonds. The smallest absolute Gasteiger partial charge is 0.387 e.